The van der Waals surface area contributed by atoms with E-state index >= 15 is 0 Å². The Labute approximate surface area is 138 Å². The maximum absolute atomic E-state index is 12.6. The van der Waals surface area contributed by atoms with Gasteiger partial charge in [-0.15, -0.1) is 0 Å². The predicted octanol–water partition coefficient (Wildman–Crippen LogP) is 2.70. The molecule has 1 fully saturated rings. The number of nitrogens with zero attached hydrogens (tertiary/aromatic N) is 2. The summed E-state index contributed by atoms with van der Waals surface area (Å²) in [6.07, 6.45) is 0.487. The summed E-state index contributed by atoms with van der Waals surface area (Å²) in [6, 6.07) is 7.10. The molecule has 126 valence electrons. The van der Waals surface area contributed by atoms with Crippen molar-refractivity contribution in [3.63, 3.8) is 0 Å². The molecule has 5 heteroatoms. The molecule has 1 saturated heterocycles. The Bertz CT molecular complexity index is 554. The monoisotopic (exact) mass is 318 g/mol. The minimum absolute atomic E-state index is 0.0301. The highest BCUT2D eigenvalue weighted by molar-refractivity contribution is 6.00. The van der Waals surface area contributed by atoms with E-state index in [0.717, 1.165) is 11.4 Å². The summed E-state index contributed by atoms with van der Waals surface area (Å²) in [7, 11) is 0. The third-order valence-electron chi connectivity index (χ3n) is 4.02. The number of ether oxygens (including phenoxy) is 1. The topological polar surface area (TPSA) is 49.9 Å². The van der Waals surface area contributed by atoms with Crippen LogP contribution in [-0.4, -0.2) is 42.5 Å². The number of hydrogen-bond donors (Lipinski definition) is 0. The highest BCUT2D eigenvalue weighted by atomic mass is 16.5. The lowest BCUT2D eigenvalue weighted by Crippen LogP contribution is -2.57. The Morgan fingerprint density at radius 2 is 1.91 bits per heavy atom. The standard InChI is InChI=1S/C18H26N2O3/c1-5-23-16-8-6-15(7-9-16)20-11-10-19(14(4)18(20)22)17(21)12-13(2)3/h6-9,13-14H,5,10-12H2,1-4H3/t14-/m0/s1. The highest BCUT2D eigenvalue weighted by Gasteiger charge is 2.34. The SMILES string of the molecule is CCOc1ccc(N2CCN(C(=O)CC(C)C)[C@@H](C)C2=O)cc1. The molecule has 0 unspecified atom stereocenters. The lowest BCUT2D eigenvalue weighted by molar-refractivity contribution is -0.141. The van der Waals surface area contributed by atoms with Crippen LogP contribution in [0.1, 0.15) is 34.1 Å². The normalized spacial score (nSPS) is 18.5. The van der Waals surface area contributed by atoms with Crippen LogP contribution in [-0.2, 0) is 9.59 Å². The van der Waals surface area contributed by atoms with Crippen LogP contribution in [0, 0.1) is 5.92 Å². The van der Waals surface area contributed by atoms with Crippen molar-refractivity contribution in [2.45, 2.75) is 40.2 Å². The van der Waals surface area contributed by atoms with Gasteiger partial charge in [-0.25, -0.2) is 0 Å². The van der Waals surface area contributed by atoms with Gasteiger partial charge < -0.3 is 14.5 Å². The van der Waals surface area contributed by atoms with Crippen LogP contribution in [0.4, 0.5) is 5.69 Å². The molecular weight excluding hydrogens is 292 g/mol. The molecule has 5 nitrogen and oxygen atoms in total. The summed E-state index contributed by atoms with van der Waals surface area (Å²) in [5, 5.41) is 0. The molecule has 2 amide bonds. The Morgan fingerprint density at radius 3 is 2.48 bits per heavy atom. The van der Waals surface area contributed by atoms with Crippen LogP contribution in [0.25, 0.3) is 0 Å². The van der Waals surface area contributed by atoms with E-state index in [4.69, 9.17) is 4.74 Å². The van der Waals surface area contributed by atoms with Crippen molar-refractivity contribution in [3.8, 4) is 5.75 Å². The predicted molar refractivity (Wildman–Crippen MR) is 90.6 cm³/mol. The van der Waals surface area contributed by atoms with E-state index in [-0.39, 0.29) is 11.8 Å². The van der Waals surface area contributed by atoms with Gasteiger partial charge in [0.25, 0.3) is 0 Å². The van der Waals surface area contributed by atoms with Gasteiger partial charge in [0, 0.05) is 25.2 Å². The number of piperazine rings is 1. The quantitative estimate of drug-likeness (QED) is 0.839. The number of benzene rings is 1. The number of rotatable bonds is 5. The fourth-order valence-electron chi connectivity index (χ4n) is 2.82. The van der Waals surface area contributed by atoms with Crippen molar-refractivity contribution < 1.29 is 14.3 Å². The van der Waals surface area contributed by atoms with Crippen LogP contribution in [0.15, 0.2) is 24.3 Å². The fraction of sp³-hybridized carbons (Fsp3) is 0.556. The zero-order chi connectivity index (χ0) is 17.0. The molecule has 0 aliphatic carbocycles. The number of hydrogen-bond acceptors (Lipinski definition) is 3. The van der Waals surface area contributed by atoms with E-state index in [0.29, 0.717) is 32.0 Å². The average Bonchev–Trinajstić information content (AvgIpc) is 2.50. The summed E-state index contributed by atoms with van der Waals surface area (Å²) in [4.78, 5) is 28.4. The molecule has 0 bridgehead atoms. The fourth-order valence-corrected chi connectivity index (χ4v) is 2.82. The Kier molecular flexibility index (Phi) is 5.64. The van der Waals surface area contributed by atoms with Gasteiger partial charge in [-0.3, -0.25) is 9.59 Å². The van der Waals surface area contributed by atoms with E-state index in [9.17, 15) is 9.59 Å². The van der Waals surface area contributed by atoms with E-state index in [1.807, 2.05) is 45.0 Å². The minimum Gasteiger partial charge on any atom is -0.494 e. The third kappa shape index (κ3) is 4.03. The summed E-state index contributed by atoms with van der Waals surface area (Å²) < 4.78 is 5.43. The molecule has 0 radical (unpaired) electrons. The van der Waals surface area contributed by atoms with Crippen LogP contribution < -0.4 is 9.64 Å². The lowest BCUT2D eigenvalue weighted by Gasteiger charge is -2.39. The van der Waals surface area contributed by atoms with E-state index < -0.39 is 6.04 Å². The molecule has 1 aromatic carbocycles. The van der Waals surface area contributed by atoms with Crippen molar-refractivity contribution in [2.24, 2.45) is 5.92 Å². The number of carbonyl (C=O) groups excluding carboxylic acids is 2. The van der Waals surface area contributed by atoms with Crippen LogP contribution in [0.2, 0.25) is 0 Å². The summed E-state index contributed by atoms with van der Waals surface area (Å²) in [5.41, 5.74) is 0.848. The van der Waals surface area contributed by atoms with E-state index in [1.54, 1.807) is 16.7 Å². The Hall–Kier alpha value is -2.04. The molecule has 0 saturated carbocycles. The minimum atomic E-state index is -0.415. The molecule has 1 heterocycles. The second-order valence-corrected chi connectivity index (χ2v) is 6.28. The zero-order valence-corrected chi connectivity index (χ0v) is 14.4. The number of carbonyl (C=O) groups is 2. The van der Waals surface area contributed by atoms with Gasteiger partial charge in [-0.2, -0.15) is 0 Å². The Morgan fingerprint density at radius 1 is 1.26 bits per heavy atom. The molecule has 1 aliphatic heterocycles. The largest absolute Gasteiger partial charge is 0.494 e. The van der Waals surface area contributed by atoms with Crippen LogP contribution >= 0.6 is 0 Å². The van der Waals surface area contributed by atoms with Crippen molar-refractivity contribution in [1.29, 1.82) is 0 Å². The number of amides is 2. The van der Waals surface area contributed by atoms with Crippen molar-refractivity contribution >= 4 is 17.5 Å². The van der Waals surface area contributed by atoms with Crippen LogP contribution in [0.3, 0.4) is 0 Å². The van der Waals surface area contributed by atoms with Crippen molar-refractivity contribution in [2.75, 3.05) is 24.6 Å². The molecule has 0 spiro atoms. The molecule has 1 aromatic rings. The van der Waals surface area contributed by atoms with Gasteiger partial charge in [0.2, 0.25) is 11.8 Å². The van der Waals surface area contributed by atoms with Gasteiger partial charge >= 0.3 is 0 Å². The molecular formula is C18H26N2O3. The van der Waals surface area contributed by atoms with Gasteiger partial charge in [-0.05, 0) is 44.0 Å². The van der Waals surface area contributed by atoms with Gasteiger partial charge in [0.1, 0.15) is 11.8 Å². The Balaban J connectivity index is 2.07. The molecule has 1 atom stereocenters. The highest BCUT2D eigenvalue weighted by Crippen LogP contribution is 2.24. The zero-order valence-electron chi connectivity index (χ0n) is 14.4. The molecule has 0 N–H and O–H groups in total. The smallest absolute Gasteiger partial charge is 0.249 e. The lowest BCUT2D eigenvalue weighted by atomic mass is 10.1. The van der Waals surface area contributed by atoms with Crippen molar-refractivity contribution in [3.05, 3.63) is 24.3 Å². The first kappa shape index (κ1) is 17.3. The summed E-state index contributed by atoms with van der Waals surface area (Å²) in [5.74, 6) is 1.13. The third-order valence-corrected chi connectivity index (χ3v) is 4.02. The van der Waals surface area contributed by atoms with Gasteiger partial charge in [-0.1, -0.05) is 13.8 Å². The summed E-state index contributed by atoms with van der Waals surface area (Å²) in [6.45, 7) is 9.49. The molecule has 23 heavy (non-hydrogen) atoms. The van der Waals surface area contributed by atoms with E-state index in [2.05, 4.69) is 0 Å². The average molecular weight is 318 g/mol. The first-order valence-corrected chi connectivity index (χ1v) is 8.27. The first-order chi connectivity index (χ1) is 10.9. The van der Waals surface area contributed by atoms with Gasteiger partial charge in [0.05, 0.1) is 6.61 Å². The second kappa shape index (κ2) is 7.49. The molecule has 2 rings (SSSR count). The summed E-state index contributed by atoms with van der Waals surface area (Å²) >= 11 is 0. The van der Waals surface area contributed by atoms with Gasteiger partial charge in [0.15, 0.2) is 0 Å². The van der Waals surface area contributed by atoms with Crippen molar-refractivity contribution in [1.82, 2.24) is 4.90 Å². The maximum atomic E-state index is 12.6. The molecule has 1 aliphatic rings. The van der Waals surface area contributed by atoms with Crippen LogP contribution in [0.5, 0.6) is 5.75 Å². The van der Waals surface area contributed by atoms with E-state index in [1.165, 1.54) is 0 Å². The first-order valence-electron chi connectivity index (χ1n) is 8.27. The molecule has 0 aromatic heterocycles. The second-order valence-electron chi connectivity index (χ2n) is 6.28. The maximum Gasteiger partial charge on any atom is 0.249 e. The number of anilines is 1.